The zero-order valence-electron chi connectivity index (χ0n) is 20.0. The average molecular weight is 498 g/mol. The van der Waals surface area contributed by atoms with E-state index in [-0.39, 0.29) is 18.6 Å². The Bertz CT molecular complexity index is 1640. The van der Waals surface area contributed by atoms with Crippen molar-refractivity contribution in [3.8, 4) is 40.8 Å². The Hall–Kier alpha value is -4.42. The van der Waals surface area contributed by atoms with Crippen LogP contribution in [-0.4, -0.2) is 33.2 Å². The summed E-state index contributed by atoms with van der Waals surface area (Å²) >= 11 is 0. The molecule has 3 aliphatic rings. The van der Waals surface area contributed by atoms with Crippen LogP contribution in [0, 0.1) is 11.3 Å². The van der Waals surface area contributed by atoms with E-state index >= 15 is 0 Å². The molecule has 9 nitrogen and oxygen atoms in total. The fourth-order valence-corrected chi connectivity index (χ4v) is 6.08. The molecule has 37 heavy (non-hydrogen) atoms. The molecule has 1 fully saturated rings. The number of hydrogen-bond acceptors (Lipinski definition) is 8. The van der Waals surface area contributed by atoms with Crippen LogP contribution in [0.3, 0.4) is 0 Å². The fraction of sp³-hybridized carbons (Fsp3) is 0.286. The molecule has 0 amide bonds. The van der Waals surface area contributed by atoms with Gasteiger partial charge in [0.05, 0.1) is 40.1 Å². The van der Waals surface area contributed by atoms with Crippen LogP contribution in [0.2, 0.25) is 0 Å². The van der Waals surface area contributed by atoms with Gasteiger partial charge in [0.25, 0.3) is 0 Å². The number of pyridine rings is 1. The molecule has 5 heterocycles. The normalized spacial score (nSPS) is 22.8. The predicted octanol–water partition coefficient (Wildman–Crippen LogP) is 4.74. The second kappa shape index (κ2) is 7.54. The lowest BCUT2D eigenvalue weighted by molar-refractivity contribution is -0.0876. The number of ether oxygens (including phenoxy) is 4. The largest absolute Gasteiger partial charge is 0.494 e. The second-order valence-electron chi connectivity index (χ2n) is 9.82. The molecule has 7 rings (SSSR count). The van der Waals surface area contributed by atoms with Gasteiger partial charge in [-0.2, -0.15) is 5.26 Å². The smallest absolute Gasteiger partial charge is 0.231 e. The topological polar surface area (TPSA) is 119 Å². The Labute approximate surface area is 212 Å². The van der Waals surface area contributed by atoms with Gasteiger partial charge in [-0.05, 0) is 56.2 Å². The van der Waals surface area contributed by atoms with E-state index in [1.54, 1.807) is 30.5 Å². The van der Waals surface area contributed by atoms with E-state index < -0.39 is 11.2 Å². The van der Waals surface area contributed by atoms with Gasteiger partial charge in [-0.1, -0.05) is 0 Å². The summed E-state index contributed by atoms with van der Waals surface area (Å²) in [7, 11) is 0. The van der Waals surface area contributed by atoms with Gasteiger partial charge >= 0.3 is 0 Å². The van der Waals surface area contributed by atoms with Crippen molar-refractivity contribution in [3.63, 3.8) is 0 Å². The van der Waals surface area contributed by atoms with Crippen molar-refractivity contribution in [2.75, 3.05) is 13.4 Å². The number of hydrogen-bond donors (Lipinski definition) is 2. The number of aromatic hydroxyl groups is 2. The molecule has 0 unspecified atom stereocenters. The second-order valence-corrected chi connectivity index (χ2v) is 9.82. The SMILES string of the molecule is C[C@@]12CC[C@@](CCOc3ccc4c(c3)OCO4)(O1)c1c2c(O)n(-c2ccc(C#N)c3ncccc23)c1O. The summed E-state index contributed by atoms with van der Waals surface area (Å²) in [5, 5.41) is 33.2. The van der Waals surface area contributed by atoms with Crippen molar-refractivity contribution < 1.29 is 29.2 Å². The fourth-order valence-electron chi connectivity index (χ4n) is 6.08. The molecule has 2 N–H and O–H groups in total. The van der Waals surface area contributed by atoms with E-state index in [1.807, 2.05) is 25.1 Å². The van der Waals surface area contributed by atoms with Gasteiger partial charge in [-0.15, -0.1) is 0 Å². The predicted molar refractivity (Wildman–Crippen MR) is 131 cm³/mol. The summed E-state index contributed by atoms with van der Waals surface area (Å²) in [5.74, 6) is 1.85. The van der Waals surface area contributed by atoms with Crippen LogP contribution in [0.4, 0.5) is 0 Å². The van der Waals surface area contributed by atoms with Crippen molar-refractivity contribution >= 4 is 10.9 Å². The third-order valence-corrected chi connectivity index (χ3v) is 7.76. The highest BCUT2D eigenvalue weighted by Gasteiger charge is 2.61. The van der Waals surface area contributed by atoms with Crippen molar-refractivity contribution in [2.45, 2.75) is 37.4 Å². The lowest BCUT2D eigenvalue weighted by Crippen LogP contribution is -2.25. The van der Waals surface area contributed by atoms with Crippen LogP contribution in [0.1, 0.15) is 42.9 Å². The number of nitriles is 1. The first kappa shape index (κ1) is 21.8. The number of nitrogens with zero attached hydrogens (tertiary/aromatic N) is 3. The molecule has 2 atom stereocenters. The summed E-state index contributed by atoms with van der Waals surface area (Å²) in [6, 6.07) is 14.6. The van der Waals surface area contributed by atoms with Gasteiger partial charge in [-0.25, -0.2) is 0 Å². The average Bonchev–Trinajstić information content (AvgIpc) is 3.63. The van der Waals surface area contributed by atoms with E-state index in [4.69, 9.17) is 18.9 Å². The van der Waals surface area contributed by atoms with Crippen LogP contribution >= 0.6 is 0 Å². The molecule has 0 saturated carbocycles. The molecule has 0 radical (unpaired) electrons. The highest BCUT2D eigenvalue weighted by atomic mass is 16.7. The minimum atomic E-state index is -0.798. The molecule has 2 aromatic carbocycles. The van der Waals surface area contributed by atoms with E-state index in [0.29, 0.717) is 76.4 Å². The zero-order valence-corrected chi connectivity index (χ0v) is 20.0. The zero-order chi connectivity index (χ0) is 25.4. The first-order valence-electron chi connectivity index (χ1n) is 12.1. The third-order valence-electron chi connectivity index (χ3n) is 7.76. The van der Waals surface area contributed by atoms with Gasteiger partial charge in [0.15, 0.2) is 11.5 Å². The summed E-state index contributed by atoms with van der Waals surface area (Å²) in [4.78, 5) is 4.36. The van der Waals surface area contributed by atoms with Crippen molar-refractivity contribution in [1.29, 1.82) is 5.26 Å². The van der Waals surface area contributed by atoms with Crippen LogP contribution in [0.5, 0.6) is 29.0 Å². The minimum absolute atomic E-state index is 0.0666. The van der Waals surface area contributed by atoms with Crippen molar-refractivity contribution in [3.05, 3.63) is 65.4 Å². The van der Waals surface area contributed by atoms with E-state index in [0.717, 1.165) is 0 Å². The molecular weight excluding hydrogens is 474 g/mol. The van der Waals surface area contributed by atoms with Crippen LogP contribution in [0.25, 0.3) is 16.6 Å². The molecule has 3 aliphatic heterocycles. The summed E-state index contributed by atoms with van der Waals surface area (Å²) in [5.41, 5.74) is 1.13. The van der Waals surface area contributed by atoms with E-state index in [9.17, 15) is 15.5 Å². The maximum absolute atomic E-state index is 11.6. The molecule has 2 bridgehead atoms. The lowest BCUT2D eigenvalue weighted by Gasteiger charge is -2.26. The Morgan fingerprint density at radius 3 is 2.78 bits per heavy atom. The Morgan fingerprint density at radius 1 is 1.08 bits per heavy atom. The monoisotopic (exact) mass is 497 g/mol. The van der Waals surface area contributed by atoms with Crippen molar-refractivity contribution in [2.24, 2.45) is 0 Å². The Balaban J connectivity index is 1.27. The lowest BCUT2D eigenvalue weighted by atomic mass is 9.78. The summed E-state index contributed by atoms with van der Waals surface area (Å²) in [6.45, 7) is 2.48. The molecule has 4 aromatic rings. The van der Waals surface area contributed by atoms with Gasteiger partial charge in [0.2, 0.25) is 18.6 Å². The summed E-state index contributed by atoms with van der Waals surface area (Å²) in [6.07, 6.45) is 3.49. The highest BCUT2D eigenvalue weighted by Crippen LogP contribution is 2.65. The Kier molecular flexibility index (Phi) is 4.45. The first-order valence-corrected chi connectivity index (χ1v) is 12.1. The molecule has 0 spiro atoms. The maximum atomic E-state index is 11.6. The standard InChI is InChI=1S/C28H23N3O6/c1-27-8-9-28(37-27,10-12-34-17-5-7-20-21(13-17)36-15-35-20)23-22(27)25(32)31(26(23)33)19-6-4-16(14-29)24-18(19)3-2-11-30-24/h2-7,11,13,32-33H,8-10,12,15H2,1H3/t27-,28-/m0/s1. The first-order chi connectivity index (χ1) is 17.9. The van der Waals surface area contributed by atoms with Crippen LogP contribution < -0.4 is 14.2 Å². The molecule has 186 valence electrons. The maximum Gasteiger partial charge on any atom is 0.231 e. The number of benzene rings is 2. The summed E-state index contributed by atoms with van der Waals surface area (Å²) < 4.78 is 24.8. The molecule has 0 aliphatic carbocycles. The van der Waals surface area contributed by atoms with E-state index in [2.05, 4.69) is 11.1 Å². The van der Waals surface area contributed by atoms with Gasteiger partial charge in [0, 0.05) is 24.1 Å². The highest BCUT2D eigenvalue weighted by molar-refractivity contribution is 5.92. The van der Waals surface area contributed by atoms with Gasteiger partial charge in [0.1, 0.15) is 17.4 Å². The minimum Gasteiger partial charge on any atom is -0.494 e. The molecule has 9 heteroatoms. The third kappa shape index (κ3) is 2.96. The van der Waals surface area contributed by atoms with Gasteiger partial charge < -0.3 is 29.2 Å². The van der Waals surface area contributed by atoms with Crippen LogP contribution in [0.15, 0.2) is 48.7 Å². The Morgan fingerprint density at radius 2 is 1.92 bits per heavy atom. The molecular formula is C28H23N3O6. The number of aromatic nitrogens is 2. The van der Waals surface area contributed by atoms with Crippen molar-refractivity contribution in [1.82, 2.24) is 9.55 Å². The van der Waals surface area contributed by atoms with Crippen LogP contribution in [-0.2, 0) is 15.9 Å². The quantitative estimate of drug-likeness (QED) is 0.406. The number of rotatable bonds is 5. The van der Waals surface area contributed by atoms with E-state index in [1.165, 1.54) is 4.57 Å². The number of fused-ring (bicyclic) bond motifs is 7. The van der Waals surface area contributed by atoms with Gasteiger partial charge in [-0.3, -0.25) is 9.55 Å². The molecule has 1 saturated heterocycles. The molecule has 2 aromatic heterocycles.